The molecule has 0 radical (unpaired) electrons. The summed E-state index contributed by atoms with van der Waals surface area (Å²) in [6, 6.07) is -1.13. The van der Waals surface area contributed by atoms with E-state index in [1.54, 1.807) is 6.08 Å². The third-order valence-corrected chi connectivity index (χ3v) is 9.81. The van der Waals surface area contributed by atoms with Gasteiger partial charge in [-0.3, -0.25) is 9.35 Å². The Labute approximate surface area is 313 Å². The Morgan fingerprint density at radius 3 is 1.85 bits per heavy atom. The Morgan fingerprint density at radius 1 is 0.769 bits per heavy atom. The number of carbonyl (C=O) groups is 1. The molecular weight excluding hydrogens is 694 g/mol. The molecule has 13 nitrogen and oxygen atoms in total. The number of aliphatic hydroxyl groups excluding tert-OH is 5. The molecule has 1 aliphatic heterocycles. The Bertz CT molecular complexity index is 1060. The maximum atomic E-state index is 13.0. The van der Waals surface area contributed by atoms with E-state index in [0.29, 0.717) is 12.8 Å². The monoisotopic (exact) mass is 765 g/mol. The molecular formula is C38H71NO12S. The number of hydrogen-bond donors (Lipinski definition) is 7. The largest absolute Gasteiger partial charge is 0.397 e. The molecule has 0 saturated carbocycles. The number of rotatable bonds is 32. The van der Waals surface area contributed by atoms with Gasteiger partial charge in [-0.25, -0.2) is 4.18 Å². The summed E-state index contributed by atoms with van der Waals surface area (Å²) in [7, 11) is -5.11. The van der Waals surface area contributed by atoms with E-state index in [-0.39, 0.29) is 6.42 Å². The first-order chi connectivity index (χ1) is 24.9. The summed E-state index contributed by atoms with van der Waals surface area (Å²) in [6.07, 6.45) is 18.6. The molecule has 1 fully saturated rings. The number of allylic oxidation sites excluding steroid dienone is 3. The quantitative estimate of drug-likeness (QED) is 0.0268. The number of hydrogen-bond acceptors (Lipinski definition) is 11. The maximum Gasteiger partial charge on any atom is 0.397 e. The zero-order chi connectivity index (χ0) is 38.6. The highest BCUT2D eigenvalue weighted by atomic mass is 32.3. The van der Waals surface area contributed by atoms with Crippen LogP contribution in [0.4, 0.5) is 0 Å². The molecule has 0 spiro atoms. The highest BCUT2D eigenvalue weighted by molar-refractivity contribution is 7.80. The van der Waals surface area contributed by atoms with Crippen LogP contribution in [0.3, 0.4) is 0 Å². The van der Waals surface area contributed by atoms with Crippen molar-refractivity contribution in [3.05, 3.63) is 24.3 Å². The van der Waals surface area contributed by atoms with Crippen LogP contribution in [0.25, 0.3) is 0 Å². The Balaban J connectivity index is 2.70. The summed E-state index contributed by atoms with van der Waals surface area (Å²) in [6.45, 7) is 3.12. The summed E-state index contributed by atoms with van der Waals surface area (Å²) in [4.78, 5) is 13.0. The van der Waals surface area contributed by atoms with Crippen molar-refractivity contribution >= 4 is 16.3 Å². The van der Waals surface area contributed by atoms with Gasteiger partial charge in [0.15, 0.2) is 6.29 Å². The van der Waals surface area contributed by atoms with Crippen LogP contribution in [0.15, 0.2) is 24.3 Å². The number of aliphatic hydroxyl groups is 5. The van der Waals surface area contributed by atoms with Crippen molar-refractivity contribution in [2.75, 3.05) is 13.2 Å². The maximum absolute atomic E-state index is 13.0. The number of carbonyl (C=O) groups excluding carboxylic acids is 1. The predicted octanol–water partition coefficient (Wildman–Crippen LogP) is 5.18. The Kier molecular flexibility index (Phi) is 27.9. The molecule has 0 aromatic heterocycles. The van der Waals surface area contributed by atoms with Gasteiger partial charge < -0.3 is 40.3 Å². The van der Waals surface area contributed by atoms with E-state index in [9.17, 15) is 38.7 Å². The number of ether oxygens (including phenoxy) is 2. The number of nitrogens with one attached hydrogen (secondary N) is 1. The minimum absolute atomic E-state index is 0.239. The van der Waals surface area contributed by atoms with E-state index in [1.807, 2.05) is 0 Å². The molecule has 0 aliphatic carbocycles. The van der Waals surface area contributed by atoms with E-state index in [1.165, 1.54) is 83.1 Å². The zero-order valence-electron chi connectivity index (χ0n) is 31.7. The average molecular weight is 766 g/mol. The normalized spacial score (nSPS) is 23.0. The fourth-order valence-corrected chi connectivity index (χ4v) is 6.63. The molecule has 0 aromatic rings. The van der Waals surface area contributed by atoms with Crippen molar-refractivity contribution in [2.45, 2.75) is 198 Å². The lowest BCUT2D eigenvalue weighted by atomic mass is 9.99. The lowest BCUT2D eigenvalue weighted by Gasteiger charge is -2.41. The first kappa shape index (κ1) is 48.6. The molecule has 1 amide bonds. The predicted molar refractivity (Wildman–Crippen MR) is 201 cm³/mol. The molecule has 14 heteroatoms. The second kappa shape index (κ2) is 29.8. The van der Waals surface area contributed by atoms with Crippen LogP contribution in [0.2, 0.25) is 0 Å². The van der Waals surface area contributed by atoms with Gasteiger partial charge in [0.05, 0.1) is 25.4 Å². The van der Waals surface area contributed by atoms with E-state index in [2.05, 4.69) is 35.5 Å². The fourth-order valence-electron chi connectivity index (χ4n) is 6.12. The topological polar surface area (TPSA) is 212 Å². The van der Waals surface area contributed by atoms with Crippen molar-refractivity contribution in [3.63, 3.8) is 0 Å². The van der Waals surface area contributed by atoms with Gasteiger partial charge in [0.1, 0.15) is 30.5 Å². The minimum atomic E-state index is -5.11. The summed E-state index contributed by atoms with van der Waals surface area (Å²) in [5, 5.41) is 54.8. The lowest BCUT2D eigenvalue weighted by Crippen LogP contribution is -2.61. The van der Waals surface area contributed by atoms with Crippen LogP contribution >= 0.6 is 0 Å². The first-order valence-electron chi connectivity index (χ1n) is 19.8. The average Bonchev–Trinajstić information content (AvgIpc) is 3.11. The first-order valence-corrected chi connectivity index (χ1v) is 21.2. The van der Waals surface area contributed by atoms with Crippen molar-refractivity contribution in [3.8, 4) is 0 Å². The van der Waals surface area contributed by atoms with Crippen LogP contribution in [-0.4, -0.2) is 107 Å². The van der Waals surface area contributed by atoms with Crippen molar-refractivity contribution in [1.29, 1.82) is 0 Å². The van der Waals surface area contributed by atoms with E-state index in [0.717, 1.165) is 38.5 Å². The van der Waals surface area contributed by atoms with Gasteiger partial charge in [-0.05, 0) is 32.1 Å². The molecule has 0 bridgehead atoms. The number of unbranched alkanes of at least 4 members (excludes halogenated alkanes) is 17. The van der Waals surface area contributed by atoms with Gasteiger partial charge in [0, 0.05) is 0 Å². The number of amides is 1. The fraction of sp³-hybridized carbons (Fsp3) is 0.868. The summed E-state index contributed by atoms with van der Waals surface area (Å²) in [5.74, 6) is -0.715. The third-order valence-electron chi connectivity index (χ3n) is 9.34. The highest BCUT2D eigenvalue weighted by Gasteiger charge is 2.48. The van der Waals surface area contributed by atoms with Crippen molar-refractivity contribution < 1.29 is 57.0 Å². The summed E-state index contributed by atoms with van der Waals surface area (Å²) < 4.78 is 47.2. The Hall–Kier alpha value is -1.46. The van der Waals surface area contributed by atoms with Crippen molar-refractivity contribution in [1.82, 2.24) is 5.32 Å². The zero-order valence-corrected chi connectivity index (χ0v) is 32.5. The van der Waals surface area contributed by atoms with E-state index >= 15 is 0 Å². The molecule has 0 aromatic carbocycles. The van der Waals surface area contributed by atoms with E-state index < -0.39 is 78.5 Å². The van der Waals surface area contributed by atoms with Gasteiger partial charge in [-0.15, -0.1) is 0 Å². The molecule has 1 heterocycles. The summed E-state index contributed by atoms with van der Waals surface area (Å²) >= 11 is 0. The minimum Gasteiger partial charge on any atom is -0.394 e. The molecule has 1 rings (SSSR count). The van der Waals surface area contributed by atoms with Gasteiger partial charge in [-0.2, -0.15) is 8.42 Å². The molecule has 1 saturated heterocycles. The Morgan fingerprint density at radius 2 is 1.29 bits per heavy atom. The van der Waals surface area contributed by atoms with Crippen LogP contribution in [0.5, 0.6) is 0 Å². The summed E-state index contributed by atoms with van der Waals surface area (Å²) in [5.41, 5.74) is 0. The molecule has 52 heavy (non-hydrogen) atoms. The van der Waals surface area contributed by atoms with E-state index in [4.69, 9.17) is 14.0 Å². The van der Waals surface area contributed by atoms with Gasteiger partial charge in [0.25, 0.3) is 0 Å². The smallest absolute Gasteiger partial charge is 0.394 e. The molecule has 306 valence electrons. The van der Waals surface area contributed by atoms with Gasteiger partial charge in [0.2, 0.25) is 5.91 Å². The second-order valence-corrected chi connectivity index (χ2v) is 15.1. The van der Waals surface area contributed by atoms with Gasteiger partial charge in [-0.1, -0.05) is 141 Å². The standard InChI is InChI=1S/C38H71NO12S/c1-3-5-7-9-11-13-15-16-17-19-21-23-25-27-32(42)37(45)39-30(31(41)26-24-22-20-18-14-12-10-8-6-4-2)29-49-38-35(44)36(51-52(46,47)48)34(43)33(28-40)50-38/h14,18,24,26,30-36,38,40-44H,3-13,15-17,19-23,25,27-29H2,1-2H3,(H,39,45)(H,46,47,48)/b18-14+,26-24+. The molecule has 1 aliphatic rings. The van der Waals surface area contributed by atoms with Crippen molar-refractivity contribution in [2.24, 2.45) is 0 Å². The van der Waals surface area contributed by atoms with Crippen LogP contribution < -0.4 is 5.32 Å². The molecule has 8 atom stereocenters. The van der Waals surface area contributed by atoms with Crippen LogP contribution in [-0.2, 0) is 28.9 Å². The second-order valence-electron chi connectivity index (χ2n) is 14.0. The highest BCUT2D eigenvalue weighted by Crippen LogP contribution is 2.26. The molecule has 7 N–H and O–H groups in total. The van der Waals surface area contributed by atoms with Gasteiger partial charge >= 0.3 is 10.4 Å². The molecule has 8 unspecified atom stereocenters. The lowest BCUT2D eigenvalue weighted by molar-refractivity contribution is -0.298. The van der Waals surface area contributed by atoms with Crippen LogP contribution in [0, 0.1) is 0 Å². The van der Waals surface area contributed by atoms with Crippen LogP contribution in [0.1, 0.15) is 149 Å². The third kappa shape index (κ3) is 22.7. The SMILES string of the molecule is CCCCCC/C=C/CC/C=C/C(O)C(COC1OC(CO)C(O)C(OS(=O)(=O)O)C1O)NC(=O)C(O)CCCCCCCCCCCCCCC.